The van der Waals surface area contributed by atoms with Crippen LogP contribution < -0.4 is 9.47 Å². The summed E-state index contributed by atoms with van der Waals surface area (Å²) in [5, 5.41) is 9.78. The first-order valence-corrected chi connectivity index (χ1v) is 15.6. The Balaban J connectivity index is 1.32. The zero-order valence-corrected chi connectivity index (χ0v) is 25.4. The number of carboxylic acids is 1. The molecule has 2 fully saturated rings. The molecule has 1 aromatic heterocycles. The van der Waals surface area contributed by atoms with Crippen LogP contribution in [0, 0.1) is 11.8 Å². The van der Waals surface area contributed by atoms with Gasteiger partial charge in [-0.15, -0.1) is 0 Å². The van der Waals surface area contributed by atoms with Crippen molar-refractivity contribution in [3.63, 3.8) is 0 Å². The summed E-state index contributed by atoms with van der Waals surface area (Å²) in [5.41, 5.74) is 7.26. The van der Waals surface area contributed by atoms with Crippen molar-refractivity contribution in [1.82, 2.24) is 9.88 Å². The summed E-state index contributed by atoms with van der Waals surface area (Å²) in [6.07, 6.45) is 9.56. The summed E-state index contributed by atoms with van der Waals surface area (Å²) in [5.74, 6) is 0.886. The van der Waals surface area contributed by atoms with Crippen molar-refractivity contribution in [3.8, 4) is 22.8 Å². The van der Waals surface area contributed by atoms with E-state index in [1.165, 1.54) is 41.5 Å². The first kappa shape index (κ1) is 28.7. The Morgan fingerprint density at radius 1 is 1.12 bits per heavy atom. The lowest BCUT2D eigenvalue weighted by Gasteiger charge is -2.43. The third kappa shape index (κ3) is 5.92. The summed E-state index contributed by atoms with van der Waals surface area (Å²) in [7, 11) is 1.66. The minimum atomic E-state index is -0.722. The molecule has 6 rings (SSSR count). The van der Waals surface area contributed by atoms with E-state index in [1.54, 1.807) is 7.11 Å². The summed E-state index contributed by atoms with van der Waals surface area (Å²) in [6.45, 7) is 8.56. The average Bonchev–Trinajstić information content (AvgIpc) is 3.83. The Morgan fingerprint density at radius 3 is 2.69 bits per heavy atom. The number of carbonyl (C=O) groups is 1. The molecule has 1 saturated carbocycles. The number of hydrogen-bond acceptors (Lipinski definition) is 5. The van der Waals surface area contributed by atoms with Gasteiger partial charge in [-0.25, -0.2) is 4.98 Å². The van der Waals surface area contributed by atoms with E-state index in [0.717, 1.165) is 55.6 Å². The maximum atomic E-state index is 11.9. The van der Waals surface area contributed by atoms with Crippen LogP contribution in [0.25, 0.3) is 11.1 Å². The molecule has 3 heterocycles. The van der Waals surface area contributed by atoms with Gasteiger partial charge in [-0.05, 0) is 116 Å². The zero-order valence-electron chi connectivity index (χ0n) is 25.4. The number of carboxylic acid groups (broad SMARTS) is 1. The first-order chi connectivity index (χ1) is 20.2. The van der Waals surface area contributed by atoms with Crippen molar-refractivity contribution in [2.24, 2.45) is 11.8 Å². The smallest absolute Gasteiger partial charge is 0.306 e. The van der Waals surface area contributed by atoms with Gasteiger partial charge in [-0.2, -0.15) is 0 Å². The number of rotatable bonds is 9. The summed E-state index contributed by atoms with van der Waals surface area (Å²) >= 11 is 0. The van der Waals surface area contributed by atoms with Gasteiger partial charge in [0.05, 0.1) is 13.0 Å². The fourth-order valence-electron chi connectivity index (χ4n) is 7.14. The quantitative estimate of drug-likeness (QED) is 0.284. The van der Waals surface area contributed by atoms with Crippen LogP contribution in [0.3, 0.4) is 0 Å². The van der Waals surface area contributed by atoms with Gasteiger partial charge >= 0.3 is 5.97 Å². The second-order valence-corrected chi connectivity index (χ2v) is 13.2. The van der Waals surface area contributed by atoms with Gasteiger partial charge in [0.1, 0.15) is 11.9 Å². The van der Waals surface area contributed by atoms with Gasteiger partial charge < -0.3 is 14.6 Å². The Kier molecular flexibility index (Phi) is 8.01. The monoisotopic (exact) mass is 568 g/mol. The van der Waals surface area contributed by atoms with Crippen LogP contribution in [0.1, 0.15) is 93.6 Å². The van der Waals surface area contributed by atoms with Crippen LogP contribution in [0.2, 0.25) is 0 Å². The highest BCUT2D eigenvalue weighted by Crippen LogP contribution is 2.48. The fourth-order valence-corrected chi connectivity index (χ4v) is 7.14. The molecule has 222 valence electrons. The molecule has 1 aliphatic carbocycles. The molecular formula is C36H44N2O4. The van der Waals surface area contributed by atoms with Crippen molar-refractivity contribution in [2.75, 3.05) is 13.7 Å². The molecule has 1 unspecified atom stereocenters. The standard InChI is InChI=1S/C36H44N2O4/c1-23(35(39)40)34(25-8-9-25)28-10-7-24-12-14-31(42-32(24)20-28)27-11-13-30(26-15-17-37-33(21-26)41-4)29(19-27)22-38-18-6-5-16-36(38,2)3/h7,10-11,13,15,17,19-21,23,25,31,34H,5-6,8-9,12,14,16,18,22H2,1-4H3,(H,39,40)/t23-,31-,34?/m0/s1. The van der Waals surface area contributed by atoms with E-state index in [2.05, 4.69) is 66.2 Å². The Bertz CT molecular complexity index is 1450. The number of fused-ring (bicyclic) bond motifs is 1. The normalized spacial score (nSPS) is 21.6. The summed E-state index contributed by atoms with van der Waals surface area (Å²) in [6, 6.07) is 17.3. The van der Waals surface area contributed by atoms with Gasteiger partial charge in [0.15, 0.2) is 0 Å². The minimum Gasteiger partial charge on any atom is -0.485 e. The topological polar surface area (TPSA) is 71.9 Å². The summed E-state index contributed by atoms with van der Waals surface area (Å²) < 4.78 is 12.2. The molecular weight excluding hydrogens is 524 g/mol. The zero-order chi connectivity index (χ0) is 29.4. The number of aromatic nitrogens is 1. The van der Waals surface area contributed by atoms with Crippen molar-refractivity contribution in [1.29, 1.82) is 0 Å². The van der Waals surface area contributed by atoms with Crippen molar-refractivity contribution >= 4 is 5.97 Å². The average molecular weight is 569 g/mol. The number of likely N-dealkylation sites (tertiary alicyclic amines) is 1. The van der Waals surface area contributed by atoms with E-state index in [0.29, 0.717) is 11.8 Å². The molecule has 3 aliphatic rings. The highest BCUT2D eigenvalue weighted by atomic mass is 16.5. The SMILES string of the molecule is COc1cc(-c2ccc([C@@H]3CCc4ccc(C(C5CC5)[C@H](C)C(=O)O)cc4O3)cc2CN2CCCCC2(C)C)ccn1. The van der Waals surface area contributed by atoms with Crippen LogP contribution in [0.15, 0.2) is 54.7 Å². The van der Waals surface area contributed by atoms with E-state index in [4.69, 9.17) is 9.47 Å². The van der Waals surface area contributed by atoms with Crippen LogP contribution in [0.4, 0.5) is 0 Å². The number of methoxy groups -OCH3 is 1. The Labute approximate surface area is 250 Å². The van der Waals surface area contributed by atoms with E-state index in [-0.39, 0.29) is 17.6 Å². The molecule has 6 heteroatoms. The van der Waals surface area contributed by atoms with Crippen LogP contribution >= 0.6 is 0 Å². The van der Waals surface area contributed by atoms with Crippen LogP contribution in [0.5, 0.6) is 11.6 Å². The molecule has 6 nitrogen and oxygen atoms in total. The molecule has 2 aliphatic heterocycles. The third-order valence-corrected chi connectivity index (χ3v) is 9.92. The Morgan fingerprint density at radius 2 is 1.95 bits per heavy atom. The molecule has 2 aromatic carbocycles. The predicted octanol–water partition coefficient (Wildman–Crippen LogP) is 7.80. The van der Waals surface area contributed by atoms with Crippen molar-refractivity contribution in [3.05, 3.63) is 77.0 Å². The number of nitrogens with zero attached hydrogens (tertiary/aromatic N) is 2. The molecule has 0 radical (unpaired) electrons. The molecule has 42 heavy (non-hydrogen) atoms. The van der Waals surface area contributed by atoms with E-state index in [1.807, 2.05) is 19.2 Å². The molecule has 1 saturated heterocycles. The highest BCUT2D eigenvalue weighted by molar-refractivity contribution is 5.71. The number of ether oxygens (including phenoxy) is 2. The molecule has 0 bridgehead atoms. The maximum absolute atomic E-state index is 11.9. The number of benzene rings is 2. The molecule has 1 N–H and O–H groups in total. The summed E-state index contributed by atoms with van der Waals surface area (Å²) in [4.78, 5) is 18.9. The van der Waals surface area contributed by atoms with Crippen molar-refractivity contribution in [2.45, 2.75) is 89.8 Å². The molecule has 3 atom stereocenters. The molecule has 0 amide bonds. The predicted molar refractivity (Wildman–Crippen MR) is 165 cm³/mol. The Hall–Kier alpha value is -3.38. The number of pyridine rings is 1. The number of aliphatic carboxylic acids is 1. The van der Waals surface area contributed by atoms with E-state index in [9.17, 15) is 9.90 Å². The van der Waals surface area contributed by atoms with E-state index >= 15 is 0 Å². The molecule has 0 spiro atoms. The third-order valence-electron chi connectivity index (χ3n) is 9.92. The minimum absolute atomic E-state index is 0.0351. The number of aryl methyl sites for hydroxylation is 1. The lowest BCUT2D eigenvalue weighted by atomic mass is 9.82. The fraction of sp³-hybridized carbons (Fsp3) is 0.500. The van der Waals surface area contributed by atoms with Gasteiger partial charge in [0.25, 0.3) is 0 Å². The second-order valence-electron chi connectivity index (χ2n) is 13.2. The number of hydrogen-bond donors (Lipinski definition) is 1. The number of piperidine rings is 1. The van der Waals surface area contributed by atoms with Gasteiger partial charge in [0, 0.05) is 24.3 Å². The van der Waals surface area contributed by atoms with Gasteiger partial charge in [-0.1, -0.05) is 43.7 Å². The van der Waals surface area contributed by atoms with Crippen LogP contribution in [-0.2, 0) is 17.8 Å². The van der Waals surface area contributed by atoms with Gasteiger partial charge in [0.2, 0.25) is 5.88 Å². The maximum Gasteiger partial charge on any atom is 0.306 e. The highest BCUT2D eigenvalue weighted by Gasteiger charge is 2.39. The largest absolute Gasteiger partial charge is 0.485 e. The van der Waals surface area contributed by atoms with Gasteiger partial charge in [-0.3, -0.25) is 9.69 Å². The lowest BCUT2D eigenvalue weighted by molar-refractivity contribution is -0.142. The molecule has 3 aromatic rings. The first-order valence-electron chi connectivity index (χ1n) is 15.6. The second kappa shape index (κ2) is 11.7. The van der Waals surface area contributed by atoms with Crippen molar-refractivity contribution < 1.29 is 19.4 Å². The van der Waals surface area contributed by atoms with Crippen LogP contribution in [-0.4, -0.2) is 40.2 Å². The van der Waals surface area contributed by atoms with E-state index < -0.39 is 11.9 Å². The lowest BCUT2D eigenvalue weighted by Crippen LogP contribution is -2.46.